The molecule has 0 rings (SSSR count). The molecule has 0 amide bonds. The highest BCUT2D eigenvalue weighted by Gasteiger charge is 2.09. The van der Waals surface area contributed by atoms with Gasteiger partial charge in [-0.3, -0.25) is 0 Å². The molecular weight excluding hydrogens is 326 g/mol. The summed E-state index contributed by atoms with van der Waals surface area (Å²) in [5.74, 6) is 0. The molecule has 0 aliphatic heterocycles. The van der Waals surface area contributed by atoms with E-state index < -0.39 is 0 Å². The third kappa shape index (κ3) is 15.1. The number of hydrogen-bond donors (Lipinski definition) is 1. The lowest BCUT2D eigenvalue weighted by Gasteiger charge is -2.23. The van der Waals surface area contributed by atoms with Gasteiger partial charge in [-0.2, -0.15) is 0 Å². The number of rotatable bonds is 15. The van der Waals surface area contributed by atoms with Gasteiger partial charge in [-0.05, 0) is 32.9 Å². The van der Waals surface area contributed by atoms with Crippen molar-refractivity contribution in [3.63, 3.8) is 0 Å². The minimum absolute atomic E-state index is 0.216. The number of nitrogens with zero attached hydrogens (tertiary/aromatic N) is 1. The summed E-state index contributed by atoms with van der Waals surface area (Å²) in [5.41, 5.74) is 0. The van der Waals surface area contributed by atoms with Crippen LogP contribution in [0.2, 0.25) is 0 Å². The fraction of sp³-hybridized carbons (Fsp3) is 1.00. The van der Waals surface area contributed by atoms with Crippen molar-refractivity contribution in [1.29, 1.82) is 0 Å². The van der Waals surface area contributed by atoms with Gasteiger partial charge < -0.3 is 10.0 Å². The first-order valence-electron chi connectivity index (χ1n) is 9.14. The van der Waals surface area contributed by atoms with E-state index in [2.05, 4.69) is 34.7 Å². The summed E-state index contributed by atoms with van der Waals surface area (Å²) < 4.78 is 0. The highest BCUT2D eigenvalue weighted by Crippen LogP contribution is 2.17. The first-order valence-corrected chi connectivity index (χ1v) is 10.1. The van der Waals surface area contributed by atoms with E-state index in [1.807, 2.05) is 6.92 Å². The highest BCUT2D eigenvalue weighted by molar-refractivity contribution is 9.09. The van der Waals surface area contributed by atoms with Crippen LogP contribution in [0.25, 0.3) is 0 Å². The van der Waals surface area contributed by atoms with E-state index in [1.165, 1.54) is 64.2 Å². The van der Waals surface area contributed by atoms with E-state index in [0.29, 0.717) is 4.83 Å². The second-order valence-corrected chi connectivity index (χ2v) is 7.69. The van der Waals surface area contributed by atoms with Crippen molar-refractivity contribution in [2.45, 2.75) is 95.9 Å². The topological polar surface area (TPSA) is 23.5 Å². The van der Waals surface area contributed by atoms with Crippen LogP contribution in [0.15, 0.2) is 0 Å². The van der Waals surface area contributed by atoms with E-state index in [0.717, 1.165) is 19.6 Å². The zero-order chi connectivity index (χ0) is 15.9. The number of alkyl halides is 1. The molecule has 0 fully saturated rings. The Morgan fingerprint density at radius 3 is 2.00 bits per heavy atom. The molecule has 0 aliphatic rings. The Morgan fingerprint density at radius 2 is 1.48 bits per heavy atom. The summed E-state index contributed by atoms with van der Waals surface area (Å²) in [4.78, 5) is 2.98. The van der Waals surface area contributed by atoms with Crippen LogP contribution < -0.4 is 0 Å². The predicted molar refractivity (Wildman–Crippen MR) is 98.4 cm³/mol. The molecule has 0 aliphatic carbocycles. The Balaban J connectivity index is 3.42. The molecule has 3 heteroatoms. The Kier molecular flexibility index (Phi) is 15.6. The third-order valence-corrected chi connectivity index (χ3v) is 5.01. The van der Waals surface area contributed by atoms with Crippen molar-refractivity contribution in [3.8, 4) is 0 Å². The van der Waals surface area contributed by atoms with Crippen LogP contribution in [-0.2, 0) is 0 Å². The lowest BCUT2D eigenvalue weighted by atomic mass is 10.1. The quantitative estimate of drug-likeness (QED) is 0.312. The normalized spacial score (nSPS) is 14.6. The lowest BCUT2D eigenvalue weighted by molar-refractivity contribution is 0.129. The monoisotopic (exact) mass is 363 g/mol. The number of hydrogen-bond acceptors (Lipinski definition) is 2. The van der Waals surface area contributed by atoms with E-state index in [-0.39, 0.29) is 6.10 Å². The number of likely N-dealkylation sites (N-methyl/N-ethyl adjacent to an activating group) is 1. The molecular formula is C18H38BrNO. The maximum atomic E-state index is 9.44. The molecule has 2 atom stereocenters. The van der Waals surface area contributed by atoms with Gasteiger partial charge in [0.25, 0.3) is 0 Å². The molecule has 21 heavy (non-hydrogen) atoms. The average molecular weight is 364 g/mol. The van der Waals surface area contributed by atoms with Crippen molar-refractivity contribution in [3.05, 3.63) is 0 Å². The minimum Gasteiger partial charge on any atom is -0.392 e. The molecule has 0 saturated carbocycles. The van der Waals surface area contributed by atoms with Gasteiger partial charge in [0.1, 0.15) is 0 Å². The zero-order valence-corrected chi connectivity index (χ0v) is 16.2. The van der Waals surface area contributed by atoms with Gasteiger partial charge >= 0.3 is 0 Å². The summed E-state index contributed by atoms with van der Waals surface area (Å²) in [6.45, 7) is 9.24. The van der Waals surface area contributed by atoms with E-state index >= 15 is 0 Å². The summed E-state index contributed by atoms with van der Waals surface area (Å²) in [6.07, 6.45) is 13.4. The van der Waals surface area contributed by atoms with E-state index in [1.54, 1.807) is 0 Å². The number of unbranched alkanes of at least 4 members (excludes halogenated alkanes) is 7. The first-order chi connectivity index (χ1) is 10.1. The van der Waals surface area contributed by atoms with Gasteiger partial charge in [-0.1, -0.05) is 81.1 Å². The van der Waals surface area contributed by atoms with Crippen LogP contribution >= 0.6 is 15.9 Å². The Bertz CT molecular complexity index is 211. The maximum absolute atomic E-state index is 9.44. The molecule has 0 radical (unpaired) electrons. The van der Waals surface area contributed by atoms with Crippen LogP contribution in [0.5, 0.6) is 0 Å². The molecule has 2 unspecified atom stereocenters. The summed E-state index contributed by atoms with van der Waals surface area (Å²) in [7, 11) is 0. The van der Waals surface area contributed by atoms with Gasteiger partial charge in [0, 0.05) is 11.4 Å². The highest BCUT2D eigenvalue weighted by atomic mass is 79.9. The van der Waals surface area contributed by atoms with Crippen LogP contribution in [0.4, 0.5) is 0 Å². The Morgan fingerprint density at radius 1 is 0.905 bits per heavy atom. The van der Waals surface area contributed by atoms with Gasteiger partial charge in [-0.15, -0.1) is 0 Å². The van der Waals surface area contributed by atoms with Gasteiger partial charge in [0.05, 0.1) is 6.10 Å². The second-order valence-electron chi connectivity index (χ2n) is 6.39. The molecule has 0 aromatic carbocycles. The Hall–Kier alpha value is 0.400. The average Bonchev–Trinajstić information content (AvgIpc) is 2.45. The Labute approximate surface area is 141 Å². The predicted octanol–water partition coefficient (Wildman–Crippen LogP) is 5.37. The fourth-order valence-electron chi connectivity index (χ4n) is 2.72. The van der Waals surface area contributed by atoms with E-state index in [9.17, 15) is 5.11 Å². The van der Waals surface area contributed by atoms with Crippen LogP contribution in [-0.4, -0.2) is 40.6 Å². The molecule has 128 valence electrons. The lowest BCUT2D eigenvalue weighted by Crippen LogP contribution is -2.32. The molecule has 1 N–H and O–H groups in total. The minimum atomic E-state index is -0.216. The van der Waals surface area contributed by atoms with Crippen molar-refractivity contribution < 1.29 is 5.11 Å². The second kappa shape index (κ2) is 15.3. The molecule has 0 heterocycles. The smallest absolute Gasteiger partial charge is 0.0639 e. The van der Waals surface area contributed by atoms with E-state index in [4.69, 9.17) is 0 Å². The third-order valence-electron chi connectivity index (χ3n) is 4.10. The molecule has 0 bridgehead atoms. The molecule has 0 aromatic rings. The van der Waals surface area contributed by atoms with Gasteiger partial charge in [0.15, 0.2) is 0 Å². The zero-order valence-electron chi connectivity index (χ0n) is 14.6. The van der Waals surface area contributed by atoms with Crippen molar-refractivity contribution in [2.75, 3.05) is 19.6 Å². The molecule has 0 saturated heterocycles. The van der Waals surface area contributed by atoms with Crippen LogP contribution in [0.1, 0.15) is 85.0 Å². The van der Waals surface area contributed by atoms with Crippen molar-refractivity contribution in [1.82, 2.24) is 4.90 Å². The van der Waals surface area contributed by atoms with Crippen molar-refractivity contribution >= 4 is 15.9 Å². The number of aliphatic hydroxyl groups is 1. The standard InChI is InChI=1S/C18H38BrNO/c1-4-6-7-8-9-10-11-12-13-18(19)14-15-20(5-2)16-17(3)21/h17-18,21H,4-16H2,1-3H3. The van der Waals surface area contributed by atoms with Gasteiger partial charge in [0.2, 0.25) is 0 Å². The van der Waals surface area contributed by atoms with Crippen molar-refractivity contribution in [2.24, 2.45) is 0 Å². The number of aliphatic hydroxyl groups excluding tert-OH is 1. The van der Waals surface area contributed by atoms with Crippen LogP contribution in [0, 0.1) is 0 Å². The summed E-state index contributed by atoms with van der Waals surface area (Å²) in [6, 6.07) is 0. The number of halogens is 1. The molecule has 2 nitrogen and oxygen atoms in total. The maximum Gasteiger partial charge on any atom is 0.0639 e. The SMILES string of the molecule is CCCCCCCCCCC(Br)CCN(CC)CC(C)O. The largest absolute Gasteiger partial charge is 0.392 e. The first kappa shape index (κ1) is 21.4. The summed E-state index contributed by atoms with van der Waals surface area (Å²) in [5, 5.41) is 9.44. The van der Waals surface area contributed by atoms with Crippen LogP contribution in [0.3, 0.4) is 0 Å². The fourth-order valence-corrected chi connectivity index (χ4v) is 3.25. The van der Waals surface area contributed by atoms with Gasteiger partial charge in [-0.25, -0.2) is 0 Å². The molecule has 0 spiro atoms. The molecule has 0 aromatic heterocycles. The summed E-state index contributed by atoms with van der Waals surface area (Å²) >= 11 is 3.82.